The van der Waals surface area contributed by atoms with Crippen molar-refractivity contribution in [2.24, 2.45) is 11.3 Å². The van der Waals surface area contributed by atoms with E-state index in [9.17, 15) is 9.59 Å². The first kappa shape index (κ1) is 20.6. The molecule has 1 aliphatic carbocycles. The van der Waals surface area contributed by atoms with Crippen LogP contribution in [0.3, 0.4) is 0 Å². The van der Waals surface area contributed by atoms with Gasteiger partial charge in [-0.05, 0) is 67.7 Å². The molecule has 1 spiro atoms. The number of carbonyl (C=O) groups is 2. The Kier molecular flexibility index (Phi) is 6.16. The van der Waals surface area contributed by atoms with Gasteiger partial charge in [-0.15, -0.1) is 0 Å². The van der Waals surface area contributed by atoms with Gasteiger partial charge in [-0.2, -0.15) is 0 Å². The molecule has 2 heterocycles. The highest BCUT2D eigenvalue weighted by atomic mass is 16.2. The molecule has 2 fully saturated rings. The summed E-state index contributed by atoms with van der Waals surface area (Å²) < 4.78 is 0. The monoisotopic (exact) mass is 405 g/mol. The number of nitrogens with one attached hydrogen (secondary N) is 1. The van der Waals surface area contributed by atoms with Gasteiger partial charge < -0.3 is 10.2 Å². The van der Waals surface area contributed by atoms with Crippen molar-refractivity contribution in [2.45, 2.75) is 45.4 Å². The van der Waals surface area contributed by atoms with Gasteiger partial charge in [0.05, 0.1) is 6.42 Å². The third-order valence-corrected chi connectivity index (χ3v) is 6.75. The fourth-order valence-corrected chi connectivity index (χ4v) is 4.76. The smallest absolute Gasteiger partial charge is 0.226 e. The fraction of sp³-hybridized carbons (Fsp3) is 0.480. The predicted molar refractivity (Wildman–Crippen MR) is 117 cm³/mol. The van der Waals surface area contributed by atoms with Crippen molar-refractivity contribution in [3.63, 3.8) is 0 Å². The van der Waals surface area contributed by atoms with Gasteiger partial charge in [0.2, 0.25) is 11.8 Å². The quantitative estimate of drug-likeness (QED) is 0.719. The molecule has 1 atom stereocenters. The molecule has 1 saturated heterocycles. The maximum atomic E-state index is 12.7. The lowest BCUT2D eigenvalue weighted by atomic mass is 9.90. The van der Waals surface area contributed by atoms with Crippen molar-refractivity contribution in [3.8, 4) is 0 Å². The summed E-state index contributed by atoms with van der Waals surface area (Å²) in [4.78, 5) is 31.2. The van der Waals surface area contributed by atoms with E-state index in [0.29, 0.717) is 6.42 Å². The maximum Gasteiger partial charge on any atom is 0.226 e. The summed E-state index contributed by atoms with van der Waals surface area (Å²) in [5.74, 6) is 0.532. The third kappa shape index (κ3) is 4.89. The Balaban J connectivity index is 1.18. The molecule has 1 saturated carbocycles. The van der Waals surface area contributed by atoms with Crippen LogP contribution in [0.1, 0.15) is 42.4 Å². The molecule has 5 nitrogen and oxygen atoms in total. The molecule has 1 N–H and O–H groups in total. The van der Waals surface area contributed by atoms with E-state index in [2.05, 4.69) is 29.4 Å². The van der Waals surface area contributed by atoms with Crippen LogP contribution >= 0.6 is 0 Å². The molecule has 2 aliphatic rings. The van der Waals surface area contributed by atoms with Crippen molar-refractivity contribution in [1.82, 2.24) is 15.2 Å². The number of benzene rings is 1. The average molecular weight is 406 g/mol. The van der Waals surface area contributed by atoms with Crippen LogP contribution in [0.15, 0.2) is 48.8 Å². The van der Waals surface area contributed by atoms with Gasteiger partial charge in [0, 0.05) is 37.9 Å². The third-order valence-electron chi connectivity index (χ3n) is 6.75. The number of carbonyl (C=O) groups excluding carboxylic acids is 2. The van der Waals surface area contributed by atoms with E-state index < -0.39 is 0 Å². The van der Waals surface area contributed by atoms with Crippen LogP contribution in [0.4, 0.5) is 0 Å². The number of aromatic nitrogens is 1. The van der Waals surface area contributed by atoms with Gasteiger partial charge in [-0.3, -0.25) is 14.6 Å². The molecule has 0 bridgehead atoms. The Morgan fingerprint density at radius 1 is 1.13 bits per heavy atom. The summed E-state index contributed by atoms with van der Waals surface area (Å²) >= 11 is 0. The molecule has 2 aromatic rings. The number of aryl methyl sites for hydroxylation is 2. The van der Waals surface area contributed by atoms with Crippen LogP contribution in [-0.4, -0.2) is 41.3 Å². The minimum atomic E-state index is 0.132. The SMILES string of the molecule is Cc1cccc(CC(=O)N2CCC3(CC2)CC3C(=O)NCCCc2ccncc2)c1. The summed E-state index contributed by atoms with van der Waals surface area (Å²) in [5, 5.41) is 3.12. The van der Waals surface area contributed by atoms with E-state index in [0.717, 1.165) is 57.3 Å². The van der Waals surface area contributed by atoms with Crippen LogP contribution in [0.25, 0.3) is 0 Å². The molecule has 2 amide bonds. The van der Waals surface area contributed by atoms with E-state index in [4.69, 9.17) is 0 Å². The fourth-order valence-electron chi connectivity index (χ4n) is 4.76. The first-order valence-electron chi connectivity index (χ1n) is 11.1. The maximum absolute atomic E-state index is 12.7. The average Bonchev–Trinajstić information content (AvgIpc) is 3.45. The second kappa shape index (κ2) is 8.99. The van der Waals surface area contributed by atoms with Crippen molar-refractivity contribution in [1.29, 1.82) is 0 Å². The molecule has 1 unspecified atom stereocenters. The number of hydrogen-bond donors (Lipinski definition) is 1. The summed E-state index contributed by atoms with van der Waals surface area (Å²) in [5.41, 5.74) is 3.65. The summed E-state index contributed by atoms with van der Waals surface area (Å²) in [6.07, 6.45) is 8.84. The van der Waals surface area contributed by atoms with Gasteiger partial charge in [0.15, 0.2) is 0 Å². The van der Waals surface area contributed by atoms with E-state index in [1.807, 2.05) is 29.2 Å². The minimum absolute atomic E-state index is 0.132. The van der Waals surface area contributed by atoms with Crippen molar-refractivity contribution in [3.05, 3.63) is 65.5 Å². The number of rotatable bonds is 7. The van der Waals surface area contributed by atoms with E-state index >= 15 is 0 Å². The number of amides is 2. The Hall–Kier alpha value is -2.69. The topological polar surface area (TPSA) is 62.3 Å². The first-order chi connectivity index (χ1) is 14.6. The molecule has 158 valence electrons. The van der Waals surface area contributed by atoms with Crippen molar-refractivity contribution < 1.29 is 9.59 Å². The molecule has 1 aliphatic heterocycles. The van der Waals surface area contributed by atoms with E-state index in [1.165, 1.54) is 11.1 Å². The van der Waals surface area contributed by atoms with Crippen molar-refractivity contribution in [2.75, 3.05) is 19.6 Å². The van der Waals surface area contributed by atoms with Crippen LogP contribution in [0.5, 0.6) is 0 Å². The van der Waals surface area contributed by atoms with Gasteiger partial charge in [-0.25, -0.2) is 0 Å². The predicted octanol–water partition coefficient (Wildman–Crippen LogP) is 3.31. The van der Waals surface area contributed by atoms with Gasteiger partial charge in [0.1, 0.15) is 0 Å². The van der Waals surface area contributed by atoms with Gasteiger partial charge in [0.25, 0.3) is 0 Å². The number of pyridine rings is 1. The lowest BCUT2D eigenvalue weighted by Crippen LogP contribution is -2.41. The minimum Gasteiger partial charge on any atom is -0.356 e. The Labute approximate surface area is 178 Å². The molecule has 4 rings (SSSR count). The van der Waals surface area contributed by atoms with Crippen LogP contribution < -0.4 is 5.32 Å². The highest BCUT2D eigenvalue weighted by molar-refractivity contribution is 5.83. The zero-order chi connectivity index (χ0) is 21.0. The first-order valence-corrected chi connectivity index (χ1v) is 11.1. The number of likely N-dealkylation sites (tertiary alicyclic amines) is 1. The lowest BCUT2D eigenvalue weighted by molar-refractivity contribution is -0.132. The van der Waals surface area contributed by atoms with E-state index in [-0.39, 0.29) is 23.1 Å². The highest BCUT2D eigenvalue weighted by Gasteiger charge is 2.58. The normalized spacial score (nSPS) is 19.5. The Morgan fingerprint density at radius 2 is 1.90 bits per heavy atom. The Morgan fingerprint density at radius 3 is 2.63 bits per heavy atom. The number of hydrogen-bond acceptors (Lipinski definition) is 3. The number of nitrogens with zero attached hydrogens (tertiary/aromatic N) is 2. The summed E-state index contributed by atoms with van der Waals surface area (Å²) in [6, 6.07) is 12.2. The molecule has 5 heteroatoms. The molecule has 1 aromatic carbocycles. The standard InChI is InChI=1S/C25H31N3O2/c1-19-4-2-5-21(16-19)17-23(29)28-14-9-25(10-15-28)18-22(25)24(30)27-11-3-6-20-7-12-26-13-8-20/h2,4-5,7-8,12-13,16,22H,3,6,9-11,14-15,17-18H2,1H3,(H,27,30). The largest absolute Gasteiger partial charge is 0.356 e. The molecular weight excluding hydrogens is 374 g/mol. The number of piperidine rings is 1. The van der Waals surface area contributed by atoms with Crippen molar-refractivity contribution >= 4 is 11.8 Å². The lowest BCUT2D eigenvalue weighted by Gasteiger charge is -2.33. The second-order valence-corrected chi connectivity index (χ2v) is 8.92. The van der Waals surface area contributed by atoms with Crippen LogP contribution in [0, 0.1) is 18.3 Å². The zero-order valence-corrected chi connectivity index (χ0v) is 17.8. The molecular formula is C25H31N3O2. The highest BCUT2D eigenvalue weighted by Crippen LogP contribution is 2.59. The van der Waals surface area contributed by atoms with E-state index in [1.54, 1.807) is 12.4 Å². The van der Waals surface area contributed by atoms with Gasteiger partial charge in [-0.1, -0.05) is 29.8 Å². The van der Waals surface area contributed by atoms with Gasteiger partial charge >= 0.3 is 0 Å². The van der Waals surface area contributed by atoms with Crippen LogP contribution in [-0.2, 0) is 22.4 Å². The Bertz CT molecular complexity index is 888. The zero-order valence-electron chi connectivity index (χ0n) is 17.8. The molecule has 0 radical (unpaired) electrons. The molecule has 1 aromatic heterocycles. The van der Waals surface area contributed by atoms with Crippen LogP contribution in [0.2, 0.25) is 0 Å². The second-order valence-electron chi connectivity index (χ2n) is 8.92. The molecule has 30 heavy (non-hydrogen) atoms. The summed E-state index contributed by atoms with van der Waals surface area (Å²) in [6.45, 7) is 4.32. The summed E-state index contributed by atoms with van der Waals surface area (Å²) in [7, 11) is 0.